The minimum absolute atomic E-state index is 0.00400. The smallest absolute Gasteiger partial charge is 0.223 e. The highest BCUT2D eigenvalue weighted by Crippen LogP contribution is 2.36. The van der Waals surface area contributed by atoms with Gasteiger partial charge < -0.3 is 9.73 Å². The van der Waals surface area contributed by atoms with Crippen LogP contribution in [0.15, 0.2) is 28.8 Å². The maximum absolute atomic E-state index is 5.91. The molecule has 0 aliphatic carbocycles. The van der Waals surface area contributed by atoms with Crippen LogP contribution in [0, 0.1) is 12.3 Å². The van der Waals surface area contributed by atoms with Gasteiger partial charge in [-0.3, -0.25) is 0 Å². The summed E-state index contributed by atoms with van der Waals surface area (Å²) in [6.45, 7) is 10.6. The van der Waals surface area contributed by atoms with Crippen LogP contribution >= 0.6 is 0 Å². The molecule has 0 saturated carbocycles. The number of rotatable bonds is 4. The third kappa shape index (κ3) is 3.38. The van der Waals surface area contributed by atoms with Gasteiger partial charge in [-0.1, -0.05) is 27.7 Å². The van der Waals surface area contributed by atoms with Crippen LogP contribution in [0.3, 0.4) is 0 Å². The molecule has 4 heteroatoms. The zero-order chi connectivity index (χ0) is 14.8. The van der Waals surface area contributed by atoms with E-state index in [2.05, 4.69) is 43.0 Å². The molecule has 0 saturated heterocycles. The lowest BCUT2D eigenvalue weighted by atomic mass is 9.85. The molecule has 2 rings (SSSR count). The molecule has 1 atom stereocenters. The standard InChI is InChI=1S/C16H23N3O/c1-6-12-7-8-13(20-12)14(16(3,4)5)19-15-17-10-9-11(2)18-15/h7-10,14H,6H2,1-5H3,(H,17,18,19). The normalized spacial score (nSPS) is 13.2. The maximum atomic E-state index is 5.91. The van der Waals surface area contributed by atoms with Gasteiger partial charge >= 0.3 is 0 Å². The first kappa shape index (κ1) is 14.6. The van der Waals surface area contributed by atoms with E-state index >= 15 is 0 Å². The van der Waals surface area contributed by atoms with E-state index in [-0.39, 0.29) is 11.5 Å². The Balaban J connectivity index is 2.29. The van der Waals surface area contributed by atoms with Crippen LogP contribution in [0.4, 0.5) is 5.95 Å². The van der Waals surface area contributed by atoms with E-state index < -0.39 is 0 Å². The molecule has 0 radical (unpaired) electrons. The number of hydrogen-bond donors (Lipinski definition) is 1. The van der Waals surface area contributed by atoms with Crippen molar-refractivity contribution in [2.45, 2.75) is 47.1 Å². The van der Waals surface area contributed by atoms with Crippen molar-refractivity contribution in [1.82, 2.24) is 9.97 Å². The molecule has 2 heterocycles. The molecule has 0 aliphatic rings. The van der Waals surface area contributed by atoms with Crippen LogP contribution in [0.1, 0.15) is 51.0 Å². The second kappa shape index (κ2) is 5.65. The molecule has 0 aromatic carbocycles. The first-order valence-electron chi connectivity index (χ1n) is 7.05. The number of nitrogens with zero attached hydrogens (tertiary/aromatic N) is 2. The first-order chi connectivity index (χ1) is 9.40. The van der Waals surface area contributed by atoms with Gasteiger partial charge in [0.05, 0.1) is 6.04 Å². The van der Waals surface area contributed by atoms with Crippen molar-refractivity contribution in [1.29, 1.82) is 0 Å². The van der Waals surface area contributed by atoms with Gasteiger partial charge in [-0.15, -0.1) is 0 Å². The van der Waals surface area contributed by atoms with Gasteiger partial charge in [-0.05, 0) is 30.5 Å². The van der Waals surface area contributed by atoms with Crippen LogP contribution in [0.5, 0.6) is 0 Å². The van der Waals surface area contributed by atoms with Gasteiger partial charge in [-0.2, -0.15) is 0 Å². The largest absolute Gasteiger partial charge is 0.464 e. The van der Waals surface area contributed by atoms with Gasteiger partial charge in [0.15, 0.2) is 0 Å². The number of furan rings is 1. The molecule has 0 amide bonds. The molecular formula is C16H23N3O. The molecule has 0 bridgehead atoms. The highest BCUT2D eigenvalue weighted by Gasteiger charge is 2.29. The minimum Gasteiger partial charge on any atom is -0.464 e. The van der Waals surface area contributed by atoms with E-state index in [0.29, 0.717) is 5.95 Å². The topological polar surface area (TPSA) is 51.0 Å². The predicted molar refractivity (Wildman–Crippen MR) is 80.7 cm³/mol. The van der Waals surface area contributed by atoms with Crippen LogP contribution in [-0.4, -0.2) is 9.97 Å². The Morgan fingerprint density at radius 2 is 2.00 bits per heavy atom. The van der Waals surface area contributed by atoms with Gasteiger partial charge in [-0.25, -0.2) is 9.97 Å². The van der Waals surface area contributed by atoms with Crippen molar-refractivity contribution in [3.63, 3.8) is 0 Å². The quantitative estimate of drug-likeness (QED) is 0.909. The van der Waals surface area contributed by atoms with Crippen LogP contribution in [0.25, 0.3) is 0 Å². The second-order valence-corrected chi connectivity index (χ2v) is 6.12. The summed E-state index contributed by atoms with van der Waals surface area (Å²) in [5.41, 5.74) is 0.944. The zero-order valence-electron chi connectivity index (χ0n) is 12.9. The van der Waals surface area contributed by atoms with Gasteiger partial charge in [0.25, 0.3) is 0 Å². The minimum atomic E-state index is -0.00400. The number of hydrogen-bond acceptors (Lipinski definition) is 4. The van der Waals surface area contributed by atoms with E-state index in [9.17, 15) is 0 Å². The lowest BCUT2D eigenvalue weighted by Crippen LogP contribution is -2.26. The number of aryl methyl sites for hydroxylation is 2. The molecule has 0 aliphatic heterocycles. The molecule has 2 aromatic heterocycles. The summed E-state index contributed by atoms with van der Waals surface area (Å²) in [7, 11) is 0. The van der Waals surface area contributed by atoms with E-state index in [4.69, 9.17) is 4.42 Å². The highest BCUT2D eigenvalue weighted by atomic mass is 16.3. The SMILES string of the molecule is CCc1ccc(C(Nc2nccc(C)n2)C(C)(C)C)o1. The lowest BCUT2D eigenvalue weighted by Gasteiger charge is -2.29. The van der Waals surface area contributed by atoms with Crippen molar-refractivity contribution in [2.75, 3.05) is 5.32 Å². The molecule has 1 unspecified atom stereocenters. The van der Waals surface area contributed by atoms with Crippen molar-refractivity contribution >= 4 is 5.95 Å². The Hall–Kier alpha value is -1.84. The van der Waals surface area contributed by atoms with Crippen molar-refractivity contribution in [2.24, 2.45) is 5.41 Å². The summed E-state index contributed by atoms with van der Waals surface area (Å²) >= 11 is 0. The Morgan fingerprint density at radius 3 is 2.55 bits per heavy atom. The summed E-state index contributed by atoms with van der Waals surface area (Å²) in [6.07, 6.45) is 2.67. The van der Waals surface area contributed by atoms with Gasteiger partial charge in [0.2, 0.25) is 5.95 Å². The monoisotopic (exact) mass is 273 g/mol. The highest BCUT2D eigenvalue weighted by molar-refractivity contribution is 5.31. The summed E-state index contributed by atoms with van der Waals surface area (Å²) in [6, 6.07) is 5.99. The third-order valence-electron chi connectivity index (χ3n) is 3.25. The van der Waals surface area contributed by atoms with E-state index in [0.717, 1.165) is 23.6 Å². The van der Waals surface area contributed by atoms with Crippen LogP contribution in [-0.2, 0) is 6.42 Å². The van der Waals surface area contributed by atoms with Crippen LogP contribution in [0.2, 0.25) is 0 Å². The Morgan fingerprint density at radius 1 is 1.25 bits per heavy atom. The van der Waals surface area contributed by atoms with Crippen LogP contribution < -0.4 is 5.32 Å². The molecule has 1 N–H and O–H groups in total. The summed E-state index contributed by atoms with van der Waals surface area (Å²) < 4.78 is 5.91. The Labute approximate surface area is 120 Å². The molecule has 0 spiro atoms. The number of nitrogens with one attached hydrogen (secondary N) is 1. The third-order valence-corrected chi connectivity index (χ3v) is 3.25. The molecule has 108 valence electrons. The predicted octanol–water partition coefficient (Wildman–Crippen LogP) is 4.14. The lowest BCUT2D eigenvalue weighted by molar-refractivity contribution is 0.297. The summed E-state index contributed by atoms with van der Waals surface area (Å²) in [4.78, 5) is 8.70. The molecular weight excluding hydrogens is 250 g/mol. The Bertz CT molecular complexity index is 569. The van der Waals surface area contributed by atoms with Crippen molar-refractivity contribution < 1.29 is 4.42 Å². The fourth-order valence-electron chi connectivity index (χ4n) is 2.10. The van der Waals surface area contributed by atoms with E-state index in [1.807, 2.05) is 25.1 Å². The fraction of sp³-hybridized carbons (Fsp3) is 0.500. The van der Waals surface area contributed by atoms with E-state index in [1.54, 1.807) is 6.20 Å². The average molecular weight is 273 g/mol. The summed E-state index contributed by atoms with van der Waals surface area (Å²) in [5.74, 6) is 2.57. The van der Waals surface area contributed by atoms with Crippen molar-refractivity contribution in [3.05, 3.63) is 41.6 Å². The first-order valence-corrected chi connectivity index (χ1v) is 7.05. The molecule has 0 fully saturated rings. The molecule has 20 heavy (non-hydrogen) atoms. The average Bonchev–Trinajstić information content (AvgIpc) is 2.83. The van der Waals surface area contributed by atoms with Gasteiger partial charge in [0, 0.05) is 18.3 Å². The molecule has 4 nitrogen and oxygen atoms in total. The maximum Gasteiger partial charge on any atom is 0.223 e. The number of anilines is 1. The van der Waals surface area contributed by atoms with E-state index in [1.165, 1.54) is 0 Å². The van der Waals surface area contributed by atoms with Gasteiger partial charge in [0.1, 0.15) is 11.5 Å². The Kier molecular flexibility index (Phi) is 4.12. The fourth-order valence-corrected chi connectivity index (χ4v) is 2.10. The zero-order valence-corrected chi connectivity index (χ0v) is 12.9. The second-order valence-electron chi connectivity index (χ2n) is 6.12. The van der Waals surface area contributed by atoms with Crippen molar-refractivity contribution in [3.8, 4) is 0 Å². The summed E-state index contributed by atoms with van der Waals surface area (Å²) in [5, 5.41) is 3.40. The molecule has 2 aromatic rings. The number of aromatic nitrogens is 2.